The maximum absolute atomic E-state index is 5.55. The second-order valence-corrected chi connectivity index (χ2v) is 4.79. The molecule has 2 rings (SSSR count). The minimum atomic E-state index is 0.0849. The van der Waals surface area contributed by atoms with Crippen LogP contribution in [0.1, 0.15) is 38.8 Å². The van der Waals surface area contributed by atoms with Crippen molar-refractivity contribution in [3.05, 3.63) is 42.5 Å². The minimum absolute atomic E-state index is 0.0849. The van der Waals surface area contributed by atoms with Crippen molar-refractivity contribution >= 4 is 5.82 Å². The summed E-state index contributed by atoms with van der Waals surface area (Å²) in [6.07, 6.45) is 7.95. The van der Waals surface area contributed by atoms with Gasteiger partial charge in [0.1, 0.15) is 5.82 Å². The Balaban J connectivity index is 2.12. The summed E-state index contributed by atoms with van der Waals surface area (Å²) >= 11 is 0. The number of hydrogen-bond donors (Lipinski definition) is 1. The molecule has 20 heavy (non-hydrogen) atoms. The van der Waals surface area contributed by atoms with Crippen LogP contribution in [-0.4, -0.2) is 21.1 Å². The smallest absolute Gasteiger partial charge is 0.234 e. The summed E-state index contributed by atoms with van der Waals surface area (Å²) in [5, 5.41) is 3.38. The second kappa shape index (κ2) is 6.84. The monoisotopic (exact) mass is 272 g/mol. The fourth-order valence-electron chi connectivity index (χ4n) is 1.91. The number of aromatic nitrogens is 3. The summed E-state index contributed by atoms with van der Waals surface area (Å²) in [4.78, 5) is 12.6. The SMILES string of the molecule is CCC(Nc1cncc(OC(C)C)n1)c1ccncc1. The lowest BCUT2D eigenvalue weighted by Gasteiger charge is -2.18. The highest BCUT2D eigenvalue weighted by atomic mass is 16.5. The van der Waals surface area contributed by atoms with Crippen LogP contribution in [0.3, 0.4) is 0 Å². The number of rotatable bonds is 6. The predicted octanol–water partition coefficient (Wildman–Crippen LogP) is 3.22. The van der Waals surface area contributed by atoms with E-state index in [0.29, 0.717) is 11.7 Å². The van der Waals surface area contributed by atoms with E-state index in [0.717, 1.165) is 6.42 Å². The van der Waals surface area contributed by atoms with E-state index < -0.39 is 0 Å². The van der Waals surface area contributed by atoms with Crippen LogP contribution in [0, 0.1) is 0 Å². The van der Waals surface area contributed by atoms with Gasteiger partial charge in [-0.25, -0.2) is 0 Å². The van der Waals surface area contributed by atoms with E-state index in [1.807, 2.05) is 26.0 Å². The molecule has 1 N–H and O–H groups in total. The Labute approximate surface area is 119 Å². The number of nitrogens with zero attached hydrogens (tertiary/aromatic N) is 3. The van der Waals surface area contributed by atoms with Crippen LogP contribution in [0.25, 0.3) is 0 Å². The Hall–Kier alpha value is -2.17. The lowest BCUT2D eigenvalue weighted by molar-refractivity contribution is 0.232. The molecule has 0 aromatic carbocycles. The van der Waals surface area contributed by atoms with Gasteiger partial charge in [0, 0.05) is 12.4 Å². The molecule has 1 unspecified atom stereocenters. The summed E-state index contributed by atoms with van der Waals surface area (Å²) in [5.74, 6) is 1.25. The summed E-state index contributed by atoms with van der Waals surface area (Å²) in [5.41, 5.74) is 1.18. The van der Waals surface area contributed by atoms with E-state index in [4.69, 9.17) is 4.74 Å². The largest absolute Gasteiger partial charge is 0.474 e. The number of hydrogen-bond acceptors (Lipinski definition) is 5. The molecule has 0 aliphatic carbocycles. The normalized spacial score (nSPS) is 12.2. The molecule has 5 heteroatoms. The first-order valence-corrected chi connectivity index (χ1v) is 6.84. The lowest BCUT2D eigenvalue weighted by Crippen LogP contribution is -2.12. The first-order chi connectivity index (χ1) is 9.69. The van der Waals surface area contributed by atoms with E-state index in [2.05, 4.69) is 27.2 Å². The van der Waals surface area contributed by atoms with Crippen molar-refractivity contribution in [1.29, 1.82) is 0 Å². The van der Waals surface area contributed by atoms with Crippen molar-refractivity contribution in [2.75, 3.05) is 5.32 Å². The van der Waals surface area contributed by atoms with Crippen molar-refractivity contribution in [3.8, 4) is 5.88 Å². The van der Waals surface area contributed by atoms with Gasteiger partial charge in [-0.2, -0.15) is 4.98 Å². The standard InChI is InChI=1S/C15H20N4O/c1-4-13(12-5-7-16-8-6-12)18-14-9-17-10-15(19-14)20-11(2)3/h5-11,13H,4H2,1-3H3,(H,18,19). The van der Waals surface area contributed by atoms with Crippen LogP contribution in [-0.2, 0) is 0 Å². The third-order valence-corrected chi connectivity index (χ3v) is 2.81. The Morgan fingerprint density at radius 2 is 1.90 bits per heavy atom. The molecule has 2 heterocycles. The molecular formula is C15H20N4O. The Bertz CT molecular complexity index is 530. The second-order valence-electron chi connectivity index (χ2n) is 4.79. The zero-order chi connectivity index (χ0) is 14.4. The minimum Gasteiger partial charge on any atom is -0.474 e. The Kier molecular flexibility index (Phi) is 4.87. The van der Waals surface area contributed by atoms with Crippen molar-refractivity contribution in [3.63, 3.8) is 0 Å². The first kappa shape index (κ1) is 14.2. The third-order valence-electron chi connectivity index (χ3n) is 2.81. The van der Waals surface area contributed by atoms with Gasteiger partial charge >= 0.3 is 0 Å². The molecule has 0 bridgehead atoms. The zero-order valence-electron chi connectivity index (χ0n) is 12.1. The van der Waals surface area contributed by atoms with Gasteiger partial charge < -0.3 is 10.1 Å². The summed E-state index contributed by atoms with van der Waals surface area (Å²) in [7, 11) is 0. The van der Waals surface area contributed by atoms with Crippen LogP contribution < -0.4 is 10.1 Å². The van der Waals surface area contributed by atoms with Crippen LogP contribution in [0.5, 0.6) is 5.88 Å². The highest BCUT2D eigenvalue weighted by molar-refractivity contribution is 5.37. The van der Waals surface area contributed by atoms with Crippen LogP contribution in [0.15, 0.2) is 36.9 Å². The number of anilines is 1. The molecule has 0 saturated carbocycles. The molecule has 5 nitrogen and oxygen atoms in total. The molecular weight excluding hydrogens is 252 g/mol. The quantitative estimate of drug-likeness (QED) is 0.875. The molecule has 2 aromatic rings. The highest BCUT2D eigenvalue weighted by Gasteiger charge is 2.10. The van der Waals surface area contributed by atoms with E-state index in [-0.39, 0.29) is 12.1 Å². The maximum atomic E-state index is 5.55. The van der Waals surface area contributed by atoms with Crippen LogP contribution >= 0.6 is 0 Å². The van der Waals surface area contributed by atoms with E-state index >= 15 is 0 Å². The van der Waals surface area contributed by atoms with Crippen LogP contribution in [0.2, 0.25) is 0 Å². The average Bonchev–Trinajstić information content (AvgIpc) is 2.45. The van der Waals surface area contributed by atoms with Gasteiger partial charge in [-0.15, -0.1) is 0 Å². The first-order valence-electron chi connectivity index (χ1n) is 6.84. The molecule has 0 fully saturated rings. The van der Waals surface area contributed by atoms with Crippen molar-refractivity contribution in [1.82, 2.24) is 15.0 Å². The van der Waals surface area contributed by atoms with Gasteiger partial charge in [0.2, 0.25) is 5.88 Å². The third kappa shape index (κ3) is 3.91. The average molecular weight is 272 g/mol. The van der Waals surface area contributed by atoms with E-state index in [1.165, 1.54) is 5.56 Å². The fraction of sp³-hybridized carbons (Fsp3) is 0.400. The molecule has 0 amide bonds. The van der Waals surface area contributed by atoms with Gasteiger partial charge in [-0.1, -0.05) is 6.92 Å². The topological polar surface area (TPSA) is 59.9 Å². The number of nitrogens with one attached hydrogen (secondary N) is 1. The van der Waals surface area contributed by atoms with Gasteiger partial charge in [0.15, 0.2) is 0 Å². The van der Waals surface area contributed by atoms with Gasteiger partial charge in [-0.3, -0.25) is 9.97 Å². The fourth-order valence-corrected chi connectivity index (χ4v) is 1.91. The summed E-state index contributed by atoms with van der Waals surface area (Å²) in [6, 6.07) is 4.19. The highest BCUT2D eigenvalue weighted by Crippen LogP contribution is 2.21. The Morgan fingerprint density at radius 1 is 1.15 bits per heavy atom. The molecule has 2 aromatic heterocycles. The predicted molar refractivity (Wildman–Crippen MR) is 78.7 cm³/mol. The van der Waals surface area contributed by atoms with Gasteiger partial charge in [-0.05, 0) is 38.0 Å². The number of pyridine rings is 1. The van der Waals surface area contributed by atoms with Crippen molar-refractivity contribution < 1.29 is 4.74 Å². The molecule has 0 aliphatic rings. The molecule has 106 valence electrons. The molecule has 0 aliphatic heterocycles. The van der Waals surface area contributed by atoms with Gasteiger partial charge in [0.05, 0.1) is 24.5 Å². The van der Waals surface area contributed by atoms with Crippen molar-refractivity contribution in [2.45, 2.75) is 39.3 Å². The Morgan fingerprint density at radius 3 is 2.55 bits per heavy atom. The maximum Gasteiger partial charge on any atom is 0.234 e. The van der Waals surface area contributed by atoms with Crippen molar-refractivity contribution in [2.24, 2.45) is 0 Å². The number of ether oxygens (including phenoxy) is 1. The molecule has 0 saturated heterocycles. The molecule has 0 radical (unpaired) electrons. The summed E-state index contributed by atoms with van der Waals surface area (Å²) in [6.45, 7) is 6.06. The van der Waals surface area contributed by atoms with E-state index in [9.17, 15) is 0 Å². The molecule has 1 atom stereocenters. The lowest BCUT2D eigenvalue weighted by atomic mass is 10.1. The molecule has 0 spiro atoms. The van der Waals surface area contributed by atoms with Gasteiger partial charge in [0.25, 0.3) is 0 Å². The summed E-state index contributed by atoms with van der Waals surface area (Å²) < 4.78 is 5.55. The van der Waals surface area contributed by atoms with Crippen LogP contribution in [0.4, 0.5) is 5.82 Å². The van der Waals surface area contributed by atoms with E-state index in [1.54, 1.807) is 24.8 Å². The zero-order valence-corrected chi connectivity index (χ0v) is 12.1.